The number of carbonyl (C=O) groups is 3. The van der Waals surface area contributed by atoms with E-state index in [4.69, 9.17) is 16.3 Å². The fourth-order valence-corrected chi connectivity index (χ4v) is 2.64. The van der Waals surface area contributed by atoms with E-state index in [1.165, 1.54) is 7.11 Å². The molecule has 0 radical (unpaired) electrons. The van der Waals surface area contributed by atoms with Crippen molar-refractivity contribution in [2.45, 2.75) is 33.1 Å². The summed E-state index contributed by atoms with van der Waals surface area (Å²) in [6, 6.07) is 11.7. The molecule has 0 heterocycles. The molecule has 2 rings (SSSR count). The van der Waals surface area contributed by atoms with Gasteiger partial charge in [-0.15, -0.1) is 0 Å². The van der Waals surface area contributed by atoms with Crippen LogP contribution in [0.2, 0.25) is 5.02 Å². The molecule has 0 atom stereocenters. The molecule has 3 amide bonds. The summed E-state index contributed by atoms with van der Waals surface area (Å²) in [5, 5.41) is 8.13. The minimum absolute atomic E-state index is 0.141. The predicted molar refractivity (Wildman–Crippen MR) is 123 cm³/mol. The van der Waals surface area contributed by atoms with E-state index in [0.717, 1.165) is 0 Å². The Morgan fingerprint density at radius 3 is 2.41 bits per heavy atom. The quantitative estimate of drug-likeness (QED) is 0.407. The molecule has 0 saturated heterocycles. The maximum Gasteiger partial charge on any atom is 0.413 e. The van der Waals surface area contributed by atoms with Crippen LogP contribution in [0.3, 0.4) is 0 Å². The Balaban J connectivity index is 2.42. The Hall–Kier alpha value is -3.59. The first kappa shape index (κ1) is 24.7. The average Bonchev–Trinajstić information content (AvgIpc) is 2.75. The van der Waals surface area contributed by atoms with Crippen LogP contribution >= 0.6 is 11.6 Å². The average molecular weight is 461 g/mol. The van der Waals surface area contributed by atoms with Gasteiger partial charge in [-0.25, -0.2) is 9.79 Å². The van der Waals surface area contributed by atoms with Gasteiger partial charge < -0.3 is 14.8 Å². The standard InChI is InChI=1S/C22H25ClN4O5/c1-4-7-20(29)24-18-13-16(32-15-9-6-8-14(23)12-15)10-11-17(18)25-21(26-19(28)5-2)27-22(30)31-3/h6,8-13H,4-5,7H2,1-3H3,(H,24,29)(H2,25,26,27,28,30). The molecule has 170 valence electrons. The van der Waals surface area contributed by atoms with Crippen molar-refractivity contribution in [1.29, 1.82) is 0 Å². The van der Waals surface area contributed by atoms with E-state index in [2.05, 4.69) is 25.7 Å². The van der Waals surface area contributed by atoms with E-state index in [1.54, 1.807) is 49.4 Å². The number of alkyl carbamates (subject to hydrolysis) is 1. The van der Waals surface area contributed by atoms with Crippen LogP contribution in [0, 0.1) is 0 Å². The highest BCUT2D eigenvalue weighted by Gasteiger charge is 2.13. The summed E-state index contributed by atoms with van der Waals surface area (Å²) in [7, 11) is 1.19. The third kappa shape index (κ3) is 7.92. The number of nitrogens with zero attached hydrogens (tertiary/aromatic N) is 1. The Morgan fingerprint density at radius 2 is 1.75 bits per heavy atom. The maximum atomic E-state index is 12.2. The van der Waals surface area contributed by atoms with Crippen LogP contribution in [0.4, 0.5) is 16.2 Å². The molecule has 0 spiro atoms. The summed E-state index contributed by atoms with van der Waals surface area (Å²) in [4.78, 5) is 40.0. The largest absolute Gasteiger partial charge is 0.457 e. The third-order valence-corrected chi connectivity index (χ3v) is 4.20. The number of nitrogens with one attached hydrogen (secondary N) is 3. The van der Waals surface area contributed by atoms with Gasteiger partial charge in [0.05, 0.1) is 18.5 Å². The zero-order valence-electron chi connectivity index (χ0n) is 18.0. The van der Waals surface area contributed by atoms with Gasteiger partial charge in [0.25, 0.3) is 0 Å². The van der Waals surface area contributed by atoms with E-state index in [1.807, 2.05) is 6.92 Å². The molecule has 0 aliphatic rings. The van der Waals surface area contributed by atoms with Crippen molar-refractivity contribution in [3.8, 4) is 11.5 Å². The molecule has 0 fully saturated rings. The first-order chi connectivity index (χ1) is 15.3. The zero-order chi connectivity index (χ0) is 23.5. The summed E-state index contributed by atoms with van der Waals surface area (Å²) >= 11 is 6.00. The van der Waals surface area contributed by atoms with Crippen molar-refractivity contribution in [3.63, 3.8) is 0 Å². The fraction of sp³-hybridized carbons (Fsp3) is 0.273. The number of methoxy groups -OCH3 is 1. The van der Waals surface area contributed by atoms with E-state index in [-0.39, 0.29) is 29.9 Å². The van der Waals surface area contributed by atoms with E-state index >= 15 is 0 Å². The highest BCUT2D eigenvalue weighted by atomic mass is 35.5. The van der Waals surface area contributed by atoms with Gasteiger partial charge in [-0.1, -0.05) is 31.5 Å². The Kier molecular flexibility index (Phi) is 9.49. The van der Waals surface area contributed by atoms with Gasteiger partial charge in [0.1, 0.15) is 11.5 Å². The van der Waals surface area contributed by atoms with Gasteiger partial charge in [-0.3, -0.25) is 20.2 Å². The second kappa shape index (κ2) is 12.3. The van der Waals surface area contributed by atoms with E-state index in [0.29, 0.717) is 35.1 Å². The molecular formula is C22H25ClN4O5. The number of hydrogen-bond acceptors (Lipinski definition) is 6. The molecule has 0 aliphatic heterocycles. The summed E-state index contributed by atoms with van der Waals surface area (Å²) in [5.41, 5.74) is 0.619. The van der Waals surface area contributed by atoms with Crippen molar-refractivity contribution in [3.05, 3.63) is 47.5 Å². The van der Waals surface area contributed by atoms with Gasteiger partial charge in [0, 0.05) is 23.9 Å². The van der Waals surface area contributed by atoms with Crippen LogP contribution in [0.25, 0.3) is 0 Å². The Labute approximate surface area is 191 Å². The van der Waals surface area contributed by atoms with Gasteiger partial charge >= 0.3 is 6.09 Å². The van der Waals surface area contributed by atoms with Crippen molar-refractivity contribution in [1.82, 2.24) is 10.6 Å². The van der Waals surface area contributed by atoms with Gasteiger partial charge in [-0.2, -0.15) is 0 Å². The molecule has 0 unspecified atom stereocenters. The van der Waals surface area contributed by atoms with Crippen molar-refractivity contribution >= 4 is 46.8 Å². The lowest BCUT2D eigenvalue weighted by atomic mass is 10.2. The minimum Gasteiger partial charge on any atom is -0.457 e. The van der Waals surface area contributed by atoms with E-state index < -0.39 is 6.09 Å². The number of halogens is 1. The topological polar surface area (TPSA) is 118 Å². The Bertz CT molecular complexity index is 990. The highest BCUT2D eigenvalue weighted by molar-refractivity contribution is 6.30. The molecule has 0 aliphatic carbocycles. The van der Waals surface area contributed by atoms with Gasteiger partial charge in [0.2, 0.25) is 17.8 Å². The van der Waals surface area contributed by atoms with Crippen molar-refractivity contribution in [2.24, 2.45) is 4.99 Å². The van der Waals surface area contributed by atoms with Crippen LogP contribution in [-0.4, -0.2) is 31.0 Å². The van der Waals surface area contributed by atoms with Crippen molar-refractivity contribution < 1.29 is 23.9 Å². The lowest BCUT2D eigenvalue weighted by molar-refractivity contribution is -0.119. The molecule has 3 N–H and O–H groups in total. The van der Waals surface area contributed by atoms with Crippen molar-refractivity contribution in [2.75, 3.05) is 12.4 Å². The number of anilines is 1. The SMILES string of the molecule is CCCC(=O)Nc1cc(Oc2cccc(Cl)c2)ccc1N=C(NC(=O)CC)NC(=O)OC. The number of aliphatic imine (C=N–C) groups is 1. The number of benzene rings is 2. The normalized spacial score (nSPS) is 10.8. The molecule has 10 heteroatoms. The first-order valence-electron chi connectivity index (χ1n) is 9.95. The monoisotopic (exact) mass is 460 g/mol. The van der Waals surface area contributed by atoms with Crippen LogP contribution in [0.1, 0.15) is 33.1 Å². The number of rotatable bonds is 7. The van der Waals surface area contributed by atoms with E-state index in [9.17, 15) is 14.4 Å². The summed E-state index contributed by atoms with van der Waals surface area (Å²) in [6.07, 6.45) is 0.333. The molecule has 0 aromatic heterocycles. The van der Waals surface area contributed by atoms with Crippen LogP contribution in [0.15, 0.2) is 47.5 Å². The first-order valence-corrected chi connectivity index (χ1v) is 10.3. The molecule has 32 heavy (non-hydrogen) atoms. The number of hydrogen-bond donors (Lipinski definition) is 3. The number of carbonyl (C=O) groups excluding carboxylic acids is 3. The third-order valence-electron chi connectivity index (χ3n) is 3.97. The molecule has 9 nitrogen and oxygen atoms in total. The Morgan fingerprint density at radius 1 is 1.00 bits per heavy atom. The molecule has 2 aromatic carbocycles. The number of ether oxygens (including phenoxy) is 2. The zero-order valence-corrected chi connectivity index (χ0v) is 18.8. The lowest BCUT2D eigenvalue weighted by Gasteiger charge is -2.14. The lowest BCUT2D eigenvalue weighted by Crippen LogP contribution is -2.43. The van der Waals surface area contributed by atoms with Gasteiger partial charge in [0.15, 0.2) is 0 Å². The summed E-state index contributed by atoms with van der Waals surface area (Å²) < 4.78 is 10.4. The smallest absolute Gasteiger partial charge is 0.413 e. The highest BCUT2D eigenvalue weighted by Crippen LogP contribution is 2.33. The minimum atomic E-state index is -0.808. The molecule has 0 saturated carbocycles. The fourth-order valence-electron chi connectivity index (χ4n) is 2.46. The van der Waals surface area contributed by atoms with Crippen LogP contribution < -0.4 is 20.7 Å². The number of guanidine groups is 1. The summed E-state index contributed by atoms with van der Waals surface area (Å²) in [6.45, 7) is 3.54. The maximum absolute atomic E-state index is 12.2. The predicted octanol–water partition coefficient (Wildman–Crippen LogP) is 4.74. The van der Waals surface area contributed by atoms with Crippen LogP contribution in [-0.2, 0) is 14.3 Å². The second-order valence-electron chi connectivity index (χ2n) is 6.52. The van der Waals surface area contributed by atoms with Gasteiger partial charge in [-0.05, 0) is 36.8 Å². The second-order valence-corrected chi connectivity index (χ2v) is 6.95. The van der Waals surface area contributed by atoms with Crippen LogP contribution in [0.5, 0.6) is 11.5 Å². The molecule has 2 aromatic rings. The molecule has 0 bridgehead atoms. The summed E-state index contributed by atoms with van der Waals surface area (Å²) in [5.74, 6) is 0.223. The number of amides is 3. The molecular weight excluding hydrogens is 436 g/mol.